The number of aliphatic imine (C=N–C) groups is 5. The van der Waals surface area contributed by atoms with Gasteiger partial charge < -0.3 is 133 Å². The second kappa shape index (κ2) is 46.1. The molecule has 0 aromatic heterocycles. The van der Waals surface area contributed by atoms with Gasteiger partial charge in [-0.3, -0.25) is 68.1 Å². The predicted octanol–water partition coefficient (Wildman–Crippen LogP) is -10.9. The smallest absolute Gasteiger partial charge is 0.326 e. The molecule has 9 amide bonds. The number of nitrogens with two attached hydrogens (primary N) is 14. The van der Waals surface area contributed by atoms with Gasteiger partial charge in [-0.1, -0.05) is 0 Å². The Balaban J connectivity index is 7.24. The summed E-state index contributed by atoms with van der Waals surface area (Å²) in [5.74, 6) is -11.2. The van der Waals surface area contributed by atoms with Crippen LogP contribution in [0.3, 0.4) is 0 Å². The highest BCUT2D eigenvalue weighted by Gasteiger charge is 2.35. The van der Waals surface area contributed by atoms with Crippen LogP contribution in [0.5, 0.6) is 0 Å². The second-order valence-corrected chi connectivity index (χ2v) is 20.4. The standard InChI is InChI=1S/C50H99N27O12/c51-19-3-1-11-28(70-37(80)27(53)10-5-21-65-46(55)56)38(81)71-29(12-2-4-20-52)39(82)72-30(13-6-22-66-47(57)58)40(83)73-31(14-7-23-67-48(59)60)41(84)75-33(17-18-36(54)79)43(86)74-32(15-8-24-68-49(61)62)42(85)77-35(26-78)44(87)76-34(45(88)89)16-9-25-69-50(63)64/h27-35,78H,1-26,51-53H2,(H2,54,79)(H,70,80)(H,71,81)(H,72,82)(H,73,83)(H,74,86)(H,75,84)(H,76,87)(H,77,85)(H,88,89)(H4,55,56,65)(H4,57,58,66)(H4,59,60,67)(H4,61,62,68)(H4,63,64,69)/t27-,28+,29+,30+,31-,32+,33+,34-,35+/m1/s1. The number of guanidine groups is 5. The summed E-state index contributed by atoms with van der Waals surface area (Å²) in [6.07, 6.45) is 0.582. The predicted molar refractivity (Wildman–Crippen MR) is 332 cm³/mol. The number of aliphatic hydroxyl groups excluding tert-OH is 1. The zero-order chi connectivity index (χ0) is 67.4. The van der Waals surface area contributed by atoms with Gasteiger partial charge in [-0.15, -0.1) is 0 Å². The molecule has 0 rings (SSSR count). The summed E-state index contributed by atoms with van der Waals surface area (Å²) in [6.45, 7) is -0.512. The number of nitrogens with one attached hydrogen (secondary N) is 8. The fourth-order valence-electron chi connectivity index (χ4n) is 8.19. The highest BCUT2D eigenvalue weighted by molar-refractivity contribution is 5.98. The van der Waals surface area contributed by atoms with Crippen molar-refractivity contribution in [3.05, 3.63) is 0 Å². The first-order valence-electron chi connectivity index (χ1n) is 29.0. The maximum atomic E-state index is 14.5. The Morgan fingerprint density at radius 2 is 0.551 bits per heavy atom. The molecule has 0 aliphatic rings. The summed E-state index contributed by atoms with van der Waals surface area (Å²) in [5, 5.41) is 40.0. The maximum Gasteiger partial charge on any atom is 0.326 e. The number of carboxylic acids is 1. The van der Waals surface area contributed by atoms with E-state index in [1.54, 1.807) is 0 Å². The van der Waals surface area contributed by atoms with Crippen LogP contribution in [0.1, 0.15) is 116 Å². The van der Waals surface area contributed by atoms with Crippen molar-refractivity contribution in [3.63, 3.8) is 0 Å². The van der Waals surface area contributed by atoms with Gasteiger partial charge in [0, 0.05) is 39.1 Å². The Bertz CT molecular complexity index is 2390. The average molecular weight is 1270 g/mol. The van der Waals surface area contributed by atoms with Crippen LogP contribution < -0.4 is 123 Å². The normalized spacial score (nSPS) is 13.8. The number of hydrogen-bond donors (Lipinski definition) is 24. The molecule has 0 bridgehead atoms. The number of rotatable bonds is 49. The molecule has 0 aliphatic heterocycles. The van der Waals surface area contributed by atoms with E-state index in [-0.39, 0.29) is 146 Å². The van der Waals surface area contributed by atoms with Crippen LogP contribution in [0, 0.1) is 0 Å². The first-order chi connectivity index (χ1) is 42.1. The molecule has 0 spiro atoms. The number of carbonyl (C=O) groups is 10. The van der Waals surface area contributed by atoms with E-state index < -0.39 is 133 Å². The van der Waals surface area contributed by atoms with Crippen LogP contribution in [-0.2, 0) is 47.9 Å². The molecule has 38 N–H and O–H groups in total. The van der Waals surface area contributed by atoms with Crippen molar-refractivity contribution in [1.29, 1.82) is 0 Å². The number of carboxylic acid groups (broad SMARTS) is 1. The molecule has 0 radical (unpaired) electrons. The number of carbonyl (C=O) groups excluding carboxylic acids is 9. The lowest BCUT2D eigenvalue weighted by atomic mass is 10.0. The van der Waals surface area contributed by atoms with E-state index in [0.29, 0.717) is 32.1 Å². The third-order valence-electron chi connectivity index (χ3n) is 12.9. The molecule has 0 unspecified atom stereocenters. The van der Waals surface area contributed by atoms with E-state index >= 15 is 0 Å². The van der Waals surface area contributed by atoms with Gasteiger partial charge >= 0.3 is 5.97 Å². The number of nitrogens with zero attached hydrogens (tertiary/aromatic N) is 5. The van der Waals surface area contributed by atoms with Crippen LogP contribution in [0.25, 0.3) is 0 Å². The monoisotopic (exact) mass is 1270 g/mol. The fraction of sp³-hybridized carbons (Fsp3) is 0.700. The third kappa shape index (κ3) is 37.9. The molecule has 0 fully saturated rings. The van der Waals surface area contributed by atoms with Crippen LogP contribution >= 0.6 is 0 Å². The zero-order valence-electron chi connectivity index (χ0n) is 50.4. The summed E-state index contributed by atoms with van der Waals surface area (Å²) >= 11 is 0. The van der Waals surface area contributed by atoms with E-state index in [1.807, 2.05) is 0 Å². The van der Waals surface area contributed by atoms with Gasteiger partial charge in [-0.05, 0) is 122 Å². The van der Waals surface area contributed by atoms with Gasteiger partial charge in [0.2, 0.25) is 53.2 Å². The van der Waals surface area contributed by atoms with Crippen molar-refractivity contribution in [1.82, 2.24) is 42.5 Å². The minimum Gasteiger partial charge on any atom is -0.480 e. The molecule has 39 nitrogen and oxygen atoms in total. The summed E-state index contributed by atoms with van der Waals surface area (Å²) in [6, 6.07) is -13.2. The Labute approximate surface area is 515 Å². The summed E-state index contributed by atoms with van der Waals surface area (Å²) < 4.78 is 0. The molecule has 9 atom stereocenters. The van der Waals surface area contributed by atoms with Crippen molar-refractivity contribution in [2.24, 2.45) is 105 Å². The number of primary amides is 1. The highest BCUT2D eigenvalue weighted by Crippen LogP contribution is 2.11. The van der Waals surface area contributed by atoms with Gasteiger partial charge in [0.05, 0.1) is 12.6 Å². The van der Waals surface area contributed by atoms with Crippen molar-refractivity contribution >= 4 is 88.9 Å². The number of unbranched alkanes of at least 4 members (excludes halogenated alkanes) is 2. The van der Waals surface area contributed by atoms with E-state index in [2.05, 4.69) is 67.5 Å². The topological polar surface area (TPSA) is 733 Å². The first kappa shape index (κ1) is 79.9. The van der Waals surface area contributed by atoms with Crippen molar-refractivity contribution < 1.29 is 58.2 Å². The largest absolute Gasteiger partial charge is 0.480 e. The molecule has 0 saturated carbocycles. The second-order valence-electron chi connectivity index (χ2n) is 20.4. The minimum atomic E-state index is -1.78. The molecule has 506 valence electrons. The molecule has 0 aromatic carbocycles. The lowest BCUT2D eigenvalue weighted by Crippen LogP contribution is -2.60. The molecule has 0 aliphatic carbocycles. The Kier molecular flexibility index (Phi) is 41.4. The van der Waals surface area contributed by atoms with Gasteiger partial charge in [0.15, 0.2) is 29.8 Å². The average Bonchev–Trinajstić information content (AvgIpc) is 3.65. The van der Waals surface area contributed by atoms with E-state index in [1.165, 1.54) is 0 Å². The SMILES string of the molecule is NCCCC[C@H](NC(=O)[C@H](N)CCCN=C(N)N)C(=O)N[C@@H](CCCCN)C(=O)N[C@@H](CCCN=C(N)N)C(=O)N[C@H](CCCN=C(N)N)C(=O)N[C@@H](CCC(N)=O)C(=O)N[C@@H](CCCN=C(N)N)C(=O)N[C@@H](CO)C(=O)N[C@H](CCCN=C(N)N)C(=O)O. The van der Waals surface area contributed by atoms with E-state index in [9.17, 15) is 58.2 Å². The van der Waals surface area contributed by atoms with Gasteiger partial charge in [0.1, 0.15) is 48.3 Å². The fourth-order valence-corrected chi connectivity index (χ4v) is 8.19. The minimum absolute atomic E-state index is 0.00244. The van der Waals surface area contributed by atoms with E-state index in [0.717, 1.165) is 0 Å². The third-order valence-corrected chi connectivity index (χ3v) is 12.9. The number of hydrogen-bond acceptors (Lipinski definition) is 19. The molecule has 0 saturated heterocycles. The van der Waals surface area contributed by atoms with Crippen LogP contribution in [0.2, 0.25) is 0 Å². The van der Waals surface area contributed by atoms with Gasteiger partial charge in [-0.25, -0.2) is 4.79 Å². The highest BCUT2D eigenvalue weighted by atomic mass is 16.4. The van der Waals surface area contributed by atoms with Crippen LogP contribution in [0.15, 0.2) is 25.0 Å². The van der Waals surface area contributed by atoms with Gasteiger partial charge in [-0.2, -0.15) is 0 Å². The number of aliphatic carboxylic acids is 1. The van der Waals surface area contributed by atoms with E-state index in [4.69, 9.17) is 80.3 Å². The summed E-state index contributed by atoms with van der Waals surface area (Å²) in [5.41, 5.74) is 77.6. The molecular weight excluding hydrogens is 1170 g/mol. The molecule has 39 heteroatoms. The lowest BCUT2D eigenvalue weighted by molar-refractivity contribution is -0.143. The summed E-state index contributed by atoms with van der Waals surface area (Å²) in [7, 11) is 0. The van der Waals surface area contributed by atoms with Crippen molar-refractivity contribution in [2.45, 2.75) is 170 Å². The quantitative estimate of drug-likeness (QED) is 0.0153. The molecule has 0 heterocycles. The molecule has 89 heavy (non-hydrogen) atoms. The summed E-state index contributed by atoms with van der Waals surface area (Å²) in [4.78, 5) is 156. The number of aliphatic hydroxyl groups is 1. The lowest BCUT2D eigenvalue weighted by Gasteiger charge is -2.28. The van der Waals surface area contributed by atoms with Crippen LogP contribution in [0.4, 0.5) is 0 Å². The zero-order valence-corrected chi connectivity index (χ0v) is 50.4. The first-order valence-corrected chi connectivity index (χ1v) is 29.0. The van der Waals surface area contributed by atoms with Crippen molar-refractivity contribution in [3.8, 4) is 0 Å². The number of amides is 9. The molecular formula is C50H99N27O12. The van der Waals surface area contributed by atoms with Gasteiger partial charge in [0.25, 0.3) is 0 Å². The van der Waals surface area contributed by atoms with Crippen LogP contribution in [-0.4, -0.2) is 206 Å². The Morgan fingerprint density at radius 3 is 0.820 bits per heavy atom. The van der Waals surface area contributed by atoms with Crippen molar-refractivity contribution in [2.75, 3.05) is 52.4 Å². The molecule has 0 aromatic rings. The Hall–Kier alpha value is -9.11. The maximum absolute atomic E-state index is 14.5. The Morgan fingerprint density at radius 1 is 0.315 bits per heavy atom.